The van der Waals surface area contributed by atoms with Crippen LogP contribution in [0.1, 0.15) is 26.7 Å². The van der Waals surface area contributed by atoms with Gasteiger partial charge in [-0.05, 0) is 13.3 Å². The quantitative estimate of drug-likeness (QED) is 0.543. The minimum atomic E-state index is -2.93. The summed E-state index contributed by atoms with van der Waals surface area (Å²) in [6.45, 7) is 6.17. The molecule has 0 aromatic carbocycles. The molecule has 0 heterocycles. The summed E-state index contributed by atoms with van der Waals surface area (Å²) in [5.41, 5.74) is 0. The molecular formula is C11H25N3O2S. The standard InChI is InChI=1S/C11H25N3O2S/c1-5-7-9-14(3)11(12-6-2)13-8-10-17(4,15)16/h5-10H2,1-4H3,(H,12,13). The van der Waals surface area contributed by atoms with E-state index in [4.69, 9.17) is 0 Å². The van der Waals surface area contributed by atoms with Crippen LogP contribution in [0.5, 0.6) is 0 Å². The fraction of sp³-hybridized carbons (Fsp3) is 0.909. The third-order valence-electron chi connectivity index (χ3n) is 2.27. The molecule has 1 N–H and O–H groups in total. The van der Waals surface area contributed by atoms with Gasteiger partial charge in [0.2, 0.25) is 0 Å². The molecule has 0 bridgehead atoms. The highest BCUT2D eigenvalue weighted by Gasteiger charge is 2.06. The Balaban J connectivity index is 4.33. The van der Waals surface area contributed by atoms with Crippen molar-refractivity contribution < 1.29 is 8.42 Å². The number of guanidine groups is 1. The average molecular weight is 263 g/mol. The molecule has 102 valence electrons. The van der Waals surface area contributed by atoms with Gasteiger partial charge in [0.15, 0.2) is 5.96 Å². The summed E-state index contributed by atoms with van der Waals surface area (Å²) in [6, 6.07) is 0. The Bertz CT molecular complexity index is 326. The van der Waals surface area contributed by atoms with E-state index in [2.05, 4.69) is 17.2 Å². The second kappa shape index (κ2) is 8.33. The molecule has 0 atom stereocenters. The predicted octanol–water partition coefficient (Wildman–Crippen LogP) is 0.728. The first-order chi connectivity index (χ1) is 7.90. The van der Waals surface area contributed by atoms with E-state index in [9.17, 15) is 8.42 Å². The maximum absolute atomic E-state index is 11.0. The summed E-state index contributed by atoms with van der Waals surface area (Å²) in [7, 11) is -0.961. The lowest BCUT2D eigenvalue weighted by molar-refractivity contribution is 0.465. The van der Waals surface area contributed by atoms with Crippen molar-refractivity contribution >= 4 is 15.8 Å². The van der Waals surface area contributed by atoms with Crippen molar-refractivity contribution in [1.29, 1.82) is 0 Å². The normalized spacial score (nSPS) is 12.6. The van der Waals surface area contributed by atoms with Crippen LogP contribution < -0.4 is 5.32 Å². The number of unbranched alkanes of at least 4 members (excludes halogenated alkanes) is 1. The Morgan fingerprint density at radius 1 is 1.35 bits per heavy atom. The van der Waals surface area contributed by atoms with Gasteiger partial charge in [-0.2, -0.15) is 0 Å². The summed E-state index contributed by atoms with van der Waals surface area (Å²) < 4.78 is 22.0. The highest BCUT2D eigenvalue weighted by molar-refractivity contribution is 7.90. The highest BCUT2D eigenvalue weighted by Crippen LogP contribution is 1.93. The Kier molecular flexibility index (Phi) is 7.95. The molecule has 5 nitrogen and oxygen atoms in total. The molecule has 0 saturated heterocycles. The molecule has 0 fully saturated rings. The molecule has 0 aromatic rings. The van der Waals surface area contributed by atoms with Crippen molar-refractivity contribution in [1.82, 2.24) is 10.2 Å². The Labute approximate surface area is 105 Å². The Morgan fingerprint density at radius 3 is 2.47 bits per heavy atom. The van der Waals surface area contributed by atoms with E-state index in [-0.39, 0.29) is 5.75 Å². The second-order valence-corrected chi connectivity index (χ2v) is 6.40. The molecule has 0 aliphatic heterocycles. The molecule has 17 heavy (non-hydrogen) atoms. The minimum absolute atomic E-state index is 0.101. The van der Waals surface area contributed by atoms with Gasteiger partial charge in [0.25, 0.3) is 0 Å². The minimum Gasteiger partial charge on any atom is -0.357 e. The van der Waals surface area contributed by atoms with E-state index < -0.39 is 9.84 Å². The van der Waals surface area contributed by atoms with Gasteiger partial charge in [0, 0.05) is 26.4 Å². The SMILES string of the molecule is CCCCN(C)C(=NCCS(C)(=O)=O)NCC. The van der Waals surface area contributed by atoms with Crippen molar-refractivity contribution in [2.24, 2.45) is 4.99 Å². The van der Waals surface area contributed by atoms with Crippen molar-refractivity contribution in [2.45, 2.75) is 26.7 Å². The smallest absolute Gasteiger partial charge is 0.193 e. The van der Waals surface area contributed by atoms with Crippen molar-refractivity contribution in [3.05, 3.63) is 0 Å². The van der Waals surface area contributed by atoms with Crippen LogP contribution in [0, 0.1) is 0 Å². The number of aliphatic imine (C=N–C) groups is 1. The first-order valence-corrected chi connectivity index (χ1v) is 8.14. The molecule has 0 radical (unpaired) electrons. The number of hydrogen-bond acceptors (Lipinski definition) is 3. The van der Waals surface area contributed by atoms with E-state index in [1.807, 2.05) is 18.9 Å². The van der Waals surface area contributed by atoms with Crippen LogP contribution in [0.4, 0.5) is 0 Å². The summed E-state index contributed by atoms with van der Waals surface area (Å²) in [4.78, 5) is 6.34. The van der Waals surface area contributed by atoms with E-state index in [1.165, 1.54) is 6.26 Å². The topological polar surface area (TPSA) is 61.8 Å². The predicted molar refractivity (Wildman–Crippen MR) is 73.2 cm³/mol. The molecular weight excluding hydrogens is 238 g/mol. The molecule has 6 heteroatoms. The van der Waals surface area contributed by atoms with Crippen LogP contribution in [0.2, 0.25) is 0 Å². The van der Waals surface area contributed by atoms with Crippen LogP contribution >= 0.6 is 0 Å². The van der Waals surface area contributed by atoms with Gasteiger partial charge in [-0.15, -0.1) is 0 Å². The maximum atomic E-state index is 11.0. The first-order valence-electron chi connectivity index (χ1n) is 6.07. The number of nitrogens with one attached hydrogen (secondary N) is 1. The monoisotopic (exact) mass is 263 g/mol. The molecule has 0 aliphatic carbocycles. The van der Waals surface area contributed by atoms with E-state index >= 15 is 0 Å². The summed E-state index contributed by atoms with van der Waals surface area (Å²) >= 11 is 0. The van der Waals surface area contributed by atoms with Gasteiger partial charge >= 0.3 is 0 Å². The van der Waals surface area contributed by atoms with Gasteiger partial charge in [-0.3, -0.25) is 4.99 Å². The molecule has 0 aromatic heterocycles. The summed E-state index contributed by atoms with van der Waals surface area (Å²) in [5.74, 6) is 0.883. The summed E-state index contributed by atoms with van der Waals surface area (Å²) in [6.07, 6.45) is 3.47. The lowest BCUT2D eigenvalue weighted by atomic mass is 10.3. The van der Waals surface area contributed by atoms with Crippen molar-refractivity contribution in [3.8, 4) is 0 Å². The largest absolute Gasteiger partial charge is 0.357 e. The number of nitrogens with zero attached hydrogens (tertiary/aromatic N) is 2. The fourth-order valence-electron chi connectivity index (χ4n) is 1.29. The van der Waals surface area contributed by atoms with Crippen LogP contribution in [-0.4, -0.2) is 58.0 Å². The first kappa shape index (κ1) is 16.2. The van der Waals surface area contributed by atoms with Gasteiger partial charge in [-0.1, -0.05) is 13.3 Å². The molecule has 0 amide bonds. The lowest BCUT2D eigenvalue weighted by Gasteiger charge is -2.21. The Morgan fingerprint density at radius 2 is 2.00 bits per heavy atom. The summed E-state index contributed by atoms with van der Waals surface area (Å²) in [5, 5.41) is 3.16. The zero-order valence-electron chi connectivity index (χ0n) is 11.4. The van der Waals surface area contributed by atoms with Crippen molar-refractivity contribution in [2.75, 3.05) is 38.7 Å². The van der Waals surface area contributed by atoms with E-state index in [1.54, 1.807) is 0 Å². The highest BCUT2D eigenvalue weighted by atomic mass is 32.2. The number of rotatable bonds is 7. The van der Waals surface area contributed by atoms with Crippen LogP contribution in [0.15, 0.2) is 4.99 Å². The molecule has 0 unspecified atom stereocenters. The fourth-order valence-corrected chi connectivity index (χ4v) is 1.71. The lowest BCUT2D eigenvalue weighted by Crippen LogP contribution is -2.39. The van der Waals surface area contributed by atoms with Crippen LogP contribution in [0.25, 0.3) is 0 Å². The Hall–Kier alpha value is -0.780. The van der Waals surface area contributed by atoms with Crippen LogP contribution in [0.3, 0.4) is 0 Å². The van der Waals surface area contributed by atoms with E-state index in [0.717, 1.165) is 31.9 Å². The number of sulfone groups is 1. The zero-order chi connectivity index (χ0) is 13.3. The second-order valence-electron chi connectivity index (χ2n) is 4.14. The third-order valence-corrected chi connectivity index (χ3v) is 3.19. The van der Waals surface area contributed by atoms with Crippen LogP contribution in [-0.2, 0) is 9.84 Å². The molecule has 0 spiro atoms. The molecule has 0 aliphatic rings. The average Bonchev–Trinajstić information content (AvgIpc) is 2.23. The molecule has 0 rings (SSSR count). The molecule has 0 saturated carbocycles. The van der Waals surface area contributed by atoms with Gasteiger partial charge in [-0.25, -0.2) is 8.42 Å². The van der Waals surface area contributed by atoms with Gasteiger partial charge < -0.3 is 10.2 Å². The maximum Gasteiger partial charge on any atom is 0.193 e. The number of hydrogen-bond donors (Lipinski definition) is 1. The van der Waals surface area contributed by atoms with Gasteiger partial charge in [0.1, 0.15) is 9.84 Å². The van der Waals surface area contributed by atoms with Crippen molar-refractivity contribution in [3.63, 3.8) is 0 Å². The van der Waals surface area contributed by atoms with E-state index in [0.29, 0.717) is 6.54 Å². The zero-order valence-corrected chi connectivity index (χ0v) is 12.2. The third kappa shape index (κ3) is 8.97. The van der Waals surface area contributed by atoms with Gasteiger partial charge in [0.05, 0.1) is 12.3 Å².